The van der Waals surface area contributed by atoms with Crippen molar-refractivity contribution in [1.29, 1.82) is 0 Å². The summed E-state index contributed by atoms with van der Waals surface area (Å²) in [5.41, 5.74) is 0.991. The summed E-state index contributed by atoms with van der Waals surface area (Å²) in [6.45, 7) is 1.71. The van der Waals surface area contributed by atoms with E-state index in [1.54, 1.807) is 19.1 Å². The monoisotopic (exact) mass is 373 g/mol. The van der Waals surface area contributed by atoms with E-state index in [9.17, 15) is 9.59 Å². The number of ether oxygens (including phenoxy) is 2. The van der Waals surface area contributed by atoms with E-state index in [4.69, 9.17) is 9.47 Å². The summed E-state index contributed by atoms with van der Waals surface area (Å²) in [6, 6.07) is 20.8. The van der Waals surface area contributed by atoms with Gasteiger partial charge in [0.25, 0.3) is 5.91 Å². The summed E-state index contributed by atoms with van der Waals surface area (Å²) in [5, 5.41) is 2.65. The summed E-state index contributed by atoms with van der Waals surface area (Å²) in [5.74, 6) is -0.103. The van der Waals surface area contributed by atoms with Crippen LogP contribution in [0.5, 0.6) is 5.75 Å². The lowest BCUT2D eigenvalue weighted by atomic mass is 10.1. The highest BCUT2D eigenvalue weighted by Crippen LogP contribution is 2.27. The third kappa shape index (κ3) is 3.01. The minimum Gasteiger partial charge on any atom is -0.480 e. The highest BCUT2D eigenvalue weighted by molar-refractivity contribution is 6.07. The molecule has 0 saturated heterocycles. The molecule has 0 unspecified atom stereocenters. The molecule has 0 spiro atoms. The van der Waals surface area contributed by atoms with Crippen LogP contribution in [0.4, 0.5) is 0 Å². The number of carbonyl (C=O) groups is 2. The van der Waals surface area contributed by atoms with Gasteiger partial charge in [-0.2, -0.15) is 0 Å². The Bertz CT molecular complexity index is 1190. The largest absolute Gasteiger partial charge is 0.480 e. The van der Waals surface area contributed by atoms with Crippen LogP contribution in [-0.4, -0.2) is 29.7 Å². The molecule has 0 saturated carbocycles. The Morgan fingerprint density at radius 2 is 1.57 bits per heavy atom. The maximum Gasteiger partial charge on any atom is 0.340 e. The van der Waals surface area contributed by atoms with E-state index < -0.39 is 12.1 Å². The lowest BCUT2D eigenvalue weighted by Crippen LogP contribution is -2.28. The highest BCUT2D eigenvalue weighted by Gasteiger charge is 2.23. The summed E-state index contributed by atoms with van der Waals surface area (Å²) in [4.78, 5) is 25.2. The predicted molar refractivity (Wildman–Crippen MR) is 108 cm³/mol. The summed E-state index contributed by atoms with van der Waals surface area (Å²) in [6.07, 6.45) is 0.772. The Labute approximate surface area is 162 Å². The molecule has 0 radical (unpaired) electrons. The molecule has 28 heavy (non-hydrogen) atoms. The minimum atomic E-state index is -0.743. The van der Waals surface area contributed by atoms with Gasteiger partial charge in [0.2, 0.25) is 0 Å². The quantitative estimate of drug-likeness (QED) is 0.487. The first-order valence-corrected chi connectivity index (χ1v) is 8.97. The smallest absolute Gasteiger partial charge is 0.340 e. The van der Waals surface area contributed by atoms with Gasteiger partial charge in [-0.3, -0.25) is 9.36 Å². The third-order valence-corrected chi connectivity index (χ3v) is 4.76. The van der Waals surface area contributed by atoms with Crippen LogP contribution in [-0.2, 0) is 4.74 Å². The van der Waals surface area contributed by atoms with Gasteiger partial charge in [0.15, 0.2) is 6.10 Å². The zero-order valence-electron chi connectivity index (χ0n) is 15.6. The normalized spacial score (nSPS) is 12.1. The Kier molecular flexibility index (Phi) is 4.57. The molecule has 0 N–H and O–H groups in total. The number of hydrogen-bond donors (Lipinski definition) is 0. The van der Waals surface area contributed by atoms with Gasteiger partial charge in [-0.1, -0.05) is 54.6 Å². The number of esters is 1. The fourth-order valence-electron chi connectivity index (χ4n) is 3.37. The first-order chi connectivity index (χ1) is 13.6. The van der Waals surface area contributed by atoms with Crippen molar-refractivity contribution in [2.45, 2.75) is 13.0 Å². The molecule has 0 aliphatic heterocycles. The molecule has 140 valence electrons. The average molecular weight is 373 g/mol. The van der Waals surface area contributed by atoms with E-state index in [-0.39, 0.29) is 5.91 Å². The Balaban J connectivity index is 1.70. The zero-order valence-corrected chi connectivity index (χ0v) is 15.6. The fourth-order valence-corrected chi connectivity index (χ4v) is 3.37. The molecule has 4 aromatic rings. The number of carbonyl (C=O) groups excluding carboxylic acids is 2. The van der Waals surface area contributed by atoms with Crippen molar-refractivity contribution in [2.75, 3.05) is 7.11 Å². The molecule has 0 bridgehead atoms. The second-order valence-corrected chi connectivity index (χ2v) is 6.50. The SMILES string of the molecule is COC(=O)c1cn(C(=O)[C@H](C)Oc2cccc3ccccc23)c2ccccc12. The van der Waals surface area contributed by atoms with E-state index in [2.05, 4.69) is 0 Å². The number of nitrogens with zero attached hydrogens (tertiary/aromatic N) is 1. The van der Waals surface area contributed by atoms with Gasteiger partial charge in [-0.25, -0.2) is 4.79 Å². The van der Waals surface area contributed by atoms with Crippen molar-refractivity contribution < 1.29 is 19.1 Å². The molecular formula is C23H19NO4. The zero-order chi connectivity index (χ0) is 19.7. The third-order valence-electron chi connectivity index (χ3n) is 4.76. The van der Waals surface area contributed by atoms with Crippen LogP contribution >= 0.6 is 0 Å². The first kappa shape index (κ1) is 17.8. The molecule has 1 aromatic heterocycles. The number of fused-ring (bicyclic) bond motifs is 2. The maximum absolute atomic E-state index is 13.1. The fraction of sp³-hybridized carbons (Fsp3) is 0.130. The van der Waals surface area contributed by atoms with E-state index in [1.807, 2.05) is 54.6 Å². The molecule has 4 rings (SSSR count). The van der Waals surface area contributed by atoms with Crippen molar-refractivity contribution in [1.82, 2.24) is 4.57 Å². The lowest BCUT2D eigenvalue weighted by molar-refractivity contribution is 0.0602. The standard InChI is InChI=1S/C23H19NO4/c1-15(28-21-13-7-9-16-8-3-4-10-17(16)21)22(25)24-14-19(23(26)27-2)18-11-5-6-12-20(18)24/h3-15H,1-2H3/t15-/m0/s1. The van der Waals surface area contributed by atoms with Crippen molar-refractivity contribution in [3.63, 3.8) is 0 Å². The van der Waals surface area contributed by atoms with E-state index in [0.717, 1.165) is 10.8 Å². The topological polar surface area (TPSA) is 57.5 Å². The van der Waals surface area contributed by atoms with Gasteiger partial charge < -0.3 is 9.47 Å². The van der Waals surface area contributed by atoms with Gasteiger partial charge >= 0.3 is 5.97 Å². The van der Waals surface area contributed by atoms with Crippen molar-refractivity contribution in [2.24, 2.45) is 0 Å². The van der Waals surface area contributed by atoms with E-state index >= 15 is 0 Å². The number of methoxy groups -OCH3 is 1. The number of para-hydroxylation sites is 1. The van der Waals surface area contributed by atoms with E-state index in [0.29, 0.717) is 22.2 Å². The highest BCUT2D eigenvalue weighted by atomic mass is 16.5. The van der Waals surface area contributed by atoms with Crippen LogP contribution in [0.2, 0.25) is 0 Å². The molecule has 5 heteroatoms. The Hall–Kier alpha value is -3.60. The minimum absolute atomic E-state index is 0.265. The summed E-state index contributed by atoms with van der Waals surface area (Å²) >= 11 is 0. The molecule has 5 nitrogen and oxygen atoms in total. The first-order valence-electron chi connectivity index (χ1n) is 8.97. The number of benzene rings is 3. The lowest BCUT2D eigenvalue weighted by Gasteiger charge is -2.16. The van der Waals surface area contributed by atoms with Gasteiger partial charge in [-0.05, 0) is 24.4 Å². The van der Waals surface area contributed by atoms with Gasteiger partial charge in [0.1, 0.15) is 5.75 Å². The van der Waals surface area contributed by atoms with Crippen LogP contribution in [0.3, 0.4) is 0 Å². The maximum atomic E-state index is 13.1. The van der Waals surface area contributed by atoms with Gasteiger partial charge in [0.05, 0.1) is 18.2 Å². The summed E-state index contributed by atoms with van der Waals surface area (Å²) in [7, 11) is 1.32. The molecule has 0 aliphatic rings. The number of hydrogen-bond acceptors (Lipinski definition) is 4. The molecule has 1 heterocycles. The van der Waals surface area contributed by atoms with Crippen LogP contribution in [0.15, 0.2) is 72.9 Å². The van der Waals surface area contributed by atoms with Crippen LogP contribution in [0.25, 0.3) is 21.7 Å². The predicted octanol–water partition coefficient (Wildman–Crippen LogP) is 4.69. The van der Waals surface area contributed by atoms with Crippen molar-refractivity contribution >= 4 is 33.6 Å². The van der Waals surface area contributed by atoms with E-state index in [1.165, 1.54) is 17.9 Å². The van der Waals surface area contributed by atoms with Crippen molar-refractivity contribution in [3.8, 4) is 5.75 Å². The molecule has 0 amide bonds. The molecule has 0 fully saturated rings. The molecule has 1 atom stereocenters. The van der Waals surface area contributed by atoms with Crippen LogP contribution < -0.4 is 4.74 Å². The van der Waals surface area contributed by atoms with Crippen molar-refractivity contribution in [3.05, 3.63) is 78.5 Å². The van der Waals surface area contributed by atoms with Crippen LogP contribution in [0, 0.1) is 0 Å². The second-order valence-electron chi connectivity index (χ2n) is 6.50. The summed E-state index contributed by atoms with van der Waals surface area (Å²) < 4.78 is 12.3. The molecular weight excluding hydrogens is 354 g/mol. The molecule has 0 aliphatic carbocycles. The van der Waals surface area contributed by atoms with Gasteiger partial charge in [0, 0.05) is 17.0 Å². The number of rotatable bonds is 4. The average Bonchev–Trinajstić information content (AvgIpc) is 3.12. The second kappa shape index (κ2) is 7.19. The Morgan fingerprint density at radius 3 is 2.36 bits per heavy atom. The molecule has 3 aromatic carbocycles. The number of aromatic nitrogens is 1. The Morgan fingerprint density at radius 1 is 0.893 bits per heavy atom. The van der Waals surface area contributed by atoms with Gasteiger partial charge in [-0.15, -0.1) is 0 Å². The van der Waals surface area contributed by atoms with Crippen LogP contribution in [0.1, 0.15) is 22.1 Å².